The Hall–Kier alpha value is -0.970. The molecule has 0 saturated heterocycles. The van der Waals surface area contributed by atoms with Gasteiger partial charge in [-0.15, -0.1) is 5.92 Å². The van der Waals surface area contributed by atoms with Crippen molar-refractivity contribution in [3.63, 3.8) is 0 Å². The molecule has 12 heavy (non-hydrogen) atoms. The standard InChI is InChI=1S/C10H9ClO/c1-2-5-10(12)8-6-3-4-7-9(8)11/h3-4,6-7,10,12H,1H3. The number of rotatable bonds is 1. The number of hydrogen-bond donors (Lipinski definition) is 1. The predicted octanol–water partition coefficient (Wildman–Crippen LogP) is 2.40. The van der Waals surface area contributed by atoms with Crippen LogP contribution in [0.5, 0.6) is 0 Å². The number of benzene rings is 1. The molecular weight excluding hydrogens is 172 g/mol. The van der Waals surface area contributed by atoms with Gasteiger partial charge in [0.1, 0.15) is 6.10 Å². The first-order valence-corrected chi connectivity index (χ1v) is 3.98. The van der Waals surface area contributed by atoms with Crippen molar-refractivity contribution in [3.05, 3.63) is 34.9 Å². The average molecular weight is 181 g/mol. The van der Waals surface area contributed by atoms with Crippen LogP contribution in [0, 0.1) is 11.8 Å². The zero-order valence-electron chi connectivity index (χ0n) is 6.71. The summed E-state index contributed by atoms with van der Waals surface area (Å²) in [5.74, 6) is 5.26. The molecule has 1 nitrogen and oxygen atoms in total. The van der Waals surface area contributed by atoms with E-state index in [1.807, 2.05) is 12.1 Å². The van der Waals surface area contributed by atoms with Gasteiger partial charge in [-0.05, 0) is 13.0 Å². The quantitative estimate of drug-likeness (QED) is 0.658. The highest BCUT2D eigenvalue weighted by molar-refractivity contribution is 6.31. The Morgan fingerprint density at radius 1 is 1.42 bits per heavy atom. The van der Waals surface area contributed by atoms with Crippen LogP contribution in [-0.2, 0) is 0 Å². The molecule has 0 amide bonds. The van der Waals surface area contributed by atoms with Crippen LogP contribution in [0.1, 0.15) is 18.6 Å². The van der Waals surface area contributed by atoms with Crippen molar-refractivity contribution in [2.24, 2.45) is 0 Å². The first kappa shape index (κ1) is 9.12. The first-order chi connectivity index (χ1) is 5.75. The molecule has 0 aliphatic carbocycles. The SMILES string of the molecule is CC#CC(O)c1ccccc1Cl. The molecule has 0 saturated carbocycles. The van der Waals surface area contributed by atoms with Crippen LogP contribution >= 0.6 is 11.6 Å². The molecule has 0 aromatic heterocycles. The normalized spacial score (nSPS) is 11.6. The lowest BCUT2D eigenvalue weighted by molar-refractivity contribution is 0.238. The van der Waals surface area contributed by atoms with Gasteiger partial charge >= 0.3 is 0 Å². The van der Waals surface area contributed by atoms with Crippen LogP contribution in [0.2, 0.25) is 5.02 Å². The van der Waals surface area contributed by atoms with Crippen LogP contribution in [0.15, 0.2) is 24.3 Å². The van der Waals surface area contributed by atoms with Crippen molar-refractivity contribution in [2.45, 2.75) is 13.0 Å². The average Bonchev–Trinajstić information content (AvgIpc) is 2.05. The smallest absolute Gasteiger partial charge is 0.141 e. The monoisotopic (exact) mass is 180 g/mol. The summed E-state index contributed by atoms with van der Waals surface area (Å²) in [5, 5.41) is 9.99. The van der Waals surface area contributed by atoms with E-state index in [4.69, 9.17) is 11.6 Å². The van der Waals surface area contributed by atoms with Gasteiger partial charge in [-0.2, -0.15) is 0 Å². The summed E-state index contributed by atoms with van der Waals surface area (Å²) in [5.41, 5.74) is 0.661. The van der Waals surface area contributed by atoms with E-state index in [0.717, 1.165) is 0 Å². The molecule has 62 valence electrons. The Morgan fingerprint density at radius 3 is 2.67 bits per heavy atom. The number of hydrogen-bond acceptors (Lipinski definition) is 1. The van der Waals surface area contributed by atoms with E-state index in [-0.39, 0.29) is 0 Å². The molecule has 0 radical (unpaired) electrons. The highest BCUT2D eigenvalue weighted by atomic mass is 35.5. The summed E-state index contributed by atoms with van der Waals surface area (Å²) in [6, 6.07) is 7.13. The van der Waals surface area contributed by atoms with Crippen molar-refractivity contribution in [2.75, 3.05) is 0 Å². The molecule has 1 rings (SSSR count). The summed E-state index contributed by atoms with van der Waals surface area (Å²) >= 11 is 5.83. The fraction of sp³-hybridized carbons (Fsp3) is 0.200. The van der Waals surface area contributed by atoms with Crippen LogP contribution < -0.4 is 0 Å². The van der Waals surface area contributed by atoms with Crippen molar-refractivity contribution in [1.82, 2.24) is 0 Å². The van der Waals surface area contributed by atoms with Crippen LogP contribution in [0.25, 0.3) is 0 Å². The lowest BCUT2D eigenvalue weighted by Gasteiger charge is -2.04. The molecule has 0 heterocycles. The summed E-state index contributed by atoms with van der Waals surface area (Å²) in [4.78, 5) is 0. The van der Waals surface area contributed by atoms with Gasteiger partial charge in [-0.3, -0.25) is 0 Å². The first-order valence-electron chi connectivity index (χ1n) is 3.60. The molecular formula is C10H9ClO. The Morgan fingerprint density at radius 2 is 2.08 bits per heavy atom. The molecule has 2 heteroatoms. The summed E-state index contributed by atoms with van der Waals surface area (Å²) in [6.07, 6.45) is -0.774. The van der Waals surface area contributed by atoms with E-state index in [2.05, 4.69) is 11.8 Å². The lowest BCUT2D eigenvalue weighted by atomic mass is 10.1. The molecule has 0 aliphatic heterocycles. The topological polar surface area (TPSA) is 20.2 Å². The maximum atomic E-state index is 9.44. The second-order valence-corrected chi connectivity index (χ2v) is 2.73. The summed E-state index contributed by atoms with van der Waals surface area (Å²) < 4.78 is 0. The molecule has 0 aliphatic rings. The molecule has 1 N–H and O–H groups in total. The maximum absolute atomic E-state index is 9.44. The van der Waals surface area contributed by atoms with Gasteiger partial charge in [0.2, 0.25) is 0 Å². The van der Waals surface area contributed by atoms with E-state index >= 15 is 0 Å². The molecule has 0 fully saturated rings. The molecule has 0 spiro atoms. The Balaban J connectivity index is 2.99. The predicted molar refractivity (Wildman–Crippen MR) is 49.9 cm³/mol. The van der Waals surface area contributed by atoms with E-state index in [1.54, 1.807) is 19.1 Å². The third kappa shape index (κ3) is 2.01. The third-order valence-corrected chi connectivity index (χ3v) is 1.83. The van der Waals surface area contributed by atoms with Gasteiger partial charge in [-0.1, -0.05) is 35.7 Å². The zero-order valence-corrected chi connectivity index (χ0v) is 7.47. The highest BCUT2D eigenvalue weighted by Crippen LogP contribution is 2.21. The minimum atomic E-state index is -0.774. The number of halogens is 1. The maximum Gasteiger partial charge on any atom is 0.141 e. The zero-order chi connectivity index (χ0) is 8.97. The molecule has 1 aromatic rings. The van der Waals surface area contributed by atoms with Crippen molar-refractivity contribution in [1.29, 1.82) is 0 Å². The minimum absolute atomic E-state index is 0.549. The summed E-state index contributed by atoms with van der Waals surface area (Å²) in [6.45, 7) is 1.68. The number of aliphatic hydroxyl groups excluding tert-OH is 1. The van der Waals surface area contributed by atoms with Gasteiger partial charge in [0.05, 0.1) is 0 Å². The Bertz CT molecular complexity index is 322. The lowest BCUT2D eigenvalue weighted by Crippen LogP contribution is -1.93. The van der Waals surface area contributed by atoms with E-state index in [0.29, 0.717) is 10.6 Å². The van der Waals surface area contributed by atoms with Crippen LogP contribution in [0.4, 0.5) is 0 Å². The van der Waals surface area contributed by atoms with Crippen LogP contribution in [0.3, 0.4) is 0 Å². The largest absolute Gasteiger partial charge is 0.376 e. The minimum Gasteiger partial charge on any atom is -0.376 e. The van der Waals surface area contributed by atoms with E-state index in [9.17, 15) is 5.11 Å². The second-order valence-electron chi connectivity index (χ2n) is 2.32. The highest BCUT2D eigenvalue weighted by Gasteiger charge is 2.06. The fourth-order valence-electron chi connectivity index (χ4n) is 0.911. The Labute approximate surface area is 77.0 Å². The second kappa shape index (κ2) is 4.15. The van der Waals surface area contributed by atoms with E-state index in [1.165, 1.54) is 0 Å². The molecule has 1 unspecified atom stereocenters. The number of aliphatic hydroxyl groups is 1. The van der Waals surface area contributed by atoms with Crippen molar-refractivity contribution >= 4 is 11.6 Å². The summed E-state index contributed by atoms with van der Waals surface area (Å²) in [7, 11) is 0. The molecule has 1 atom stereocenters. The van der Waals surface area contributed by atoms with Gasteiger partial charge in [-0.25, -0.2) is 0 Å². The van der Waals surface area contributed by atoms with Gasteiger partial charge in [0.15, 0.2) is 0 Å². The van der Waals surface area contributed by atoms with Gasteiger partial charge in [0.25, 0.3) is 0 Å². The van der Waals surface area contributed by atoms with Crippen molar-refractivity contribution < 1.29 is 5.11 Å². The van der Waals surface area contributed by atoms with Crippen molar-refractivity contribution in [3.8, 4) is 11.8 Å². The van der Waals surface area contributed by atoms with Gasteiger partial charge in [0, 0.05) is 10.6 Å². The Kier molecular flexibility index (Phi) is 3.16. The third-order valence-electron chi connectivity index (χ3n) is 1.48. The fourth-order valence-corrected chi connectivity index (χ4v) is 1.15. The van der Waals surface area contributed by atoms with E-state index < -0.39 is 6.10 Å². The van der Waals surface area contributed by atoms with Gasteiger partial charge < -0.3 is 5.11 Å². The molecule has 0 bridgehead atoms. The molecule has 1 aromatic carbocycles. The van der Waals surface area contributed by atoms with Crippen LogP contribution in [-0.4, -0.2) is 5.11 Å².